The summed E-state index contributed by atoms with van der Waals surface area (Å²) in [6.07, 6.45) is -0.0761. The van der Waals surface area contributed by atoms with Crippen molar-refractivity contribution in [3.8, 4) is 17.1 Å². The molecule has 2 heterocycles. The number of nitrogens with zero attached hydrogens (tertiary/aromatic N) is 3. The van der Waals surface area contributed by atoms with Crippen molar-refractivity contribution in [2.24, 2.45) is 12.2 Å². The molecule has 28 heavy (non-hydrogen) atoms. The highest BCUT2D eigenvalue weighted by molar-refractivity contribution is 7.89. The molecule has 0 spiro atoms. The molecule has 150 valence electrons. The van der Waals surface area contributed by atoms with Gasteiger partial charge in [-0.1, -0.05) is 0 Å². The van der Waals surface area contributed by atoms with E-state index in [0.29, 0.717) is 16.6 Å². The molecule has 2 aromatic heterocycles. The molecule has 0 unspecified atom stereocenters. The van der Waals surface area contributed by atoms with Crippen LogP contribution in [-0.4, -0.2) is 29.1 Å². The number of nitrogens with one attached hydrogen (secondary N) is 1. The summed E-state index contributed by atoms with van der Waals surface area (Å²) < 4.78 is 31.2. The Labute approximate surface area is 168 Å². The van der Waals surface area contributed by atoms with Gasteiger partial charge >= 0.3 is 0 Å². The molecular formula is C18H23N5O3S2. The van der Waals surface area contributed by atoms with Gasteiger partial charge < -0.3 is 14.6 Å². The number of nitrogens with two attached hydrogens (primary N) is 1. The average Bonchev–Trinajstić information content (AvgIpc) is 3.12. The second-order valence-corrected chi connectivity index (χ2v) is 9.10. The van der Waals surface area contributed by atoms with Gasteiger partial charge in [-0.25, -0.2) is 23.5 Å². The van der Waals surface area contributed by atoms with Crippen molar-refractivity contribution in [3.63, 3.8) is 0 Å². The maximum atomic E-state index is 11.7. The number of imidazole rings is 1. The molecule has 3 rings (SSSR count). The van der Waals surface area contributed by atoms with Crippen LogP contribution in [0.15, 0.2) is 28.5 Å². The SMILES string of the molecule is Cc1nc(C)n(C)c1-c1csc(Nc2cc(S(N)(=O)=O)ccc2OC(C)C)n1. The van der Waals surface area contributed by atoms with Gasteiger partial charge in [-0.2, -0.15) is 0 Å². The third-order valence-corrected chi connectivity index (χ3v) is 5.79. The summed E-state index contributed by atoms with van der Waals surface area (Å²) in [5.74, 6) is 1.43. The average molecular weight is 422 g/mol. The predicted octanol–water partition coefficient (Wildman–Crippen LogP) is 3.34. The molecule has 0 bridgehead atoms. The van der Waals surface area contributed by atoms with Gasteiger partial charge in [0, 0.05) is 12.4 Å². The standard InChI is InChI=1S/C18H23N5O3S2/c1-10(2)26-16-7-6-13(28(19,24)25)8-14(16)21-18-22-15(9-27-18)17-11(3)20-12(4)23(17)5/h6-10H,1-5H3,(H,21,22)(H2,19,24,25). The number of aromatic nitrogens is 3. The lowest BCUT2D eigenvalue weighted by atomic mass is 10.3. The van der Waals surface area contributed by atoms with Crippen LogP contribution in [0.2, 0.25) is 0 Å². The third kappa shape index (κ3) is 4.18. The number of aryl methyl sites for hydroxylation is 2. The van der Waals surface area contributed by atoms with Crippen molar-refractivity contribution < 1.29 is 13.2 Å². The number of primary sulfonamides is 1. The lowest BCUT2D eigenvalue weighted by Crippen LogP contribution is -2.13. The summed E-state index contributed by atoms with van der Waals surface area (Å²) in [5, 5.41) is 11.0. The molecule has 0 fully saturated rings. The third-order valence-electron chi connectivity index (χ3n) is 4.12. The van der Waals surface area contributed by atoms with Gasteiger partial charge in [0.1, 0.15) is 17.3 Å². The second-order valence-electron chi connectivity index (χ2n) is 6.68. The minimum Gasteiger partial charge on any atom is -0.489 e. The summed E-state index contributed by atoms with van der Waals surface area (Å²) in [6, 6.07) is 4.46. The van der Waals surface area contributed by atoms with Crippen molar-refractivity contribution in [2.75, 3.05) is 5.32 Å². The lowest BCUT2D eigenvalue weighted by molar-refractivity contribution is 0.243. The van der Waals surface area contributed by atoms with Crippen LogP contribution in [0.1, 0.15) is 25.4 Å². The van der Waals surface area contributed by atoms with Crippen molar-refractivity contribution in [3.05, 3.63) is 35.1 Å². The number of hydrogen-bond donors (Lipinski definition) is 2. The first-order valence-corrected chi connectivity index (χ1v) is 11.0. The first kappa shape index (κ1) is 20.3. The van der Waals surface area contributed by atoms with Crippen molar-refractivity contribution in [1.82, 2.24) is 14.5 Å². The van der Waals surface area contributed by atoms with Gasteiger partial charge in [-0.3, -0.25) is 0 Å². The number of benzene rings is 1. The van der Waals surface area contributed by atoms with Crippen molar-refractivity contribution in [2.45, 2.75) is 38.7 Å². The van der Waals surface area contributed by atoms with Crippen LogP contribution in [0.3, 0.4) is 0 Å². The number of ether oxygens (including phenoxy) is 1. The molecule has 8 nitrogen and oxygen atoms in total. The van der Waals surface area contributed by atoms with Gasteiger partial charge in [0.2, 0.25) is 10.0 Å². The van der Waals surface area contributed by atoms with Gasteiger partial charge in [-0.15, -0.1) is 11.3 Å². The topological polar surface area (TPSA) is 112 Å². The largest absolute Gasteiger partial charge is 0.489 e. The second kappa shape index (κ2) is 7.53. The van der Waals surface area contributed by atoms with E-state index in [9.17, 15) is 8.42 Å². The van der Waals surface area contributed by atoms with Crippen LogP contribution in [0.5, 0.6) is 5.75 Å². The van der Waals surface area contributed by atoms with Crippen molar-refractivity contribution in [1.29, 1.82) is 0 Å². The van der Waals surface area contributed by atoms with Crippen LogP contribution in [0.4, 0.5) is 10.8 Å². The van der Waals surface area contributed by atoms with Crippen LogP contribution < -0.4 is 15.2 Å². The molecule has 0 aliphatic carbocycles. The van der Waals surface area contributed by atoms with E-state index in [1.54, 1.807) is 6.07 Å². The highest BCUT2D eigenvalue weighted by Gasteiger charge is 2.17. The molecule has 1 aromatic carbocycles. The molecule has 10 heteroatoms. The van der Waals surface area contributed by atoms with Gasteiger partial charge in [0.15, 0.2) is 5.13 Å². The summed E-state index contributed by atoms with van der Waals surface area (Å²) in [6.45, 7) is 7.67. The first-order valence-electron chi connectivity index (χ1n) is 8.62. The molecule has 0 aliphatic heterocycles. The molecular weight excluding hydrogens is 398 g/mol. The zero-order valence-electron chi connectivity index (χ0n) is 16.3. The van der Waals surface area contributed by atoms with E-state index in [1.165, 1.54) is 23.5 Å². The number of anilines is 2. The van der Waals surface area contributed by atoms with E-state index in [-0.39, 0.29) is 11.0 Å². The monoisotopic (exact) mass is 421 g/mol. The van der Waals surface area contributed by atoms with E-state index >= 15 is 0 Å². The molecule has 0 saturated heterocycles. The molecule has 3 aromatic rings. The number of sulfonamides is 1. The zero-order chi connectivity index (χ0) is 20.6. The van der Waals surface area contributed by atoms with Gasteiger partial charge in [-0.05, 0) is 45.9 Å². The molecule has 0 atom stereocenters. The number of rotatable bonds is 6. The molecule has 0 amide bonds. The highest BCUT2D eigenvalue weighted by atomic mass is 32.2. The Kier molecular flexibility index (Phi) is 5.46. The summed E-state index contributed by atoms with van der Waals surface area (Å²) in [7, 11) is -1.89. The Morgan fingerprint density at radius 3 is 2.54 bits per heavy atom. The summed E-state index contributed by atoms with van der Waals surface area (Å²) in [4.78, 5) is 9.11. The fourth-order valence-electron chi connectivity index (χ4n) is 2.83. The van der Waals surface area contributed by atoms with Crippen LogP contribution in [0, 0.1) is 13.8 Å². The minimum absolute atomic E-state index is 0.000916. The fourth-order valence-corrected chi connectivity index (χ4v) is 4.08. The van der Waals surface area contributed by atoms with E-state index in [1.807, 2.05) is 44.7 Å². The first-order chi connectivity index (χ1) is 13.1. The quantitative estimate of drug-likeness (QED) is 0.631. The van der Waals surface area contributed by atoms with Crippen LogP contribution in [0.25, 0.3) is 11.4 Å². The molecule has 0 saturated carbocycles. The Hall–Kier alpha value is -2.43. The van der Waals surface area contributed by atoms with E-state index in [4.69, 9.17) is 9.88 Å². The summed E-state index contributed by atoms with van der Waals surface area (Å²) >= 11 is 1.41. The lowest BCUT2D eigenvalue weighted by Gasteiger charge is -2.15. The van der Waals surface area contributed by atoms with E-state index in [2.05, 4.69) is 15.3 Å². The number of thiazole rings is 1. The van der Waals surface area contributed by atoms with E-state index in [0.717, 1.165) is 22.9 Å². The van der Waals surface area contributed by atoms with Gasteiger partial charge in [0.05, 0.1) is 28.1 Å². The smallest absolute Gasteiger partial charge is 0.238 e. The van der Waals surface area contributed by atoms with Gasteiger partial charge in [0.25, 0.3) is 0 Å². The molecule has 3 N–H and O–H groups in total. The summed E-state index contributed by atoms with van der Waals surface area (Å²) in [5.41, 5.74) is 3.12. The van der Waals surface area contributed by atoms with Crippen LogP contribution in [-0.2, 0) is 17.1 Å². The number of hydrogen-bond acceptors (Lipinski definition) is 7. The fraction of sp³-hybridized carbons (Fsp3) is 0.333. The Bertz CT molecular complexity index is 1120. The predicted molar refractivity (Wildman–Crippen MR) is 111 cm³/mol. The Morgan fingerprint density at radius 1 is 1.25 bits per heavy atom. The van der Waals surface area contributed by atoms with Crippen LogP contribution >= 0.6 is 11.3 Å². The normalized spacial score (nSPS) is 11.8. The molecule has 0 aliphatic rings. The Morgan fingerprint density at radius 2 is 1.96 bits per heavy atom. The van der Waals surface area contributed by atoms with E-state index < -0.39 is 10.0 Å². The maximum Gasteiger partial charge on any atom is 0.238 e. The van der Waals surface area contributed by atoms with Crippen molar-refractivity contribution >= 4 is 32.2 Å². The minimum atomic E-state index is -3.83. The zero-order valence-corrected chi connectivity index (χ0v) is 18.0. The highest BCUT2D eigenvalue weighted by Crippen LogP contribution is 2.34. The Balaban J connectivity index is 1.98. The molecule has 0 radical (unpaired) electrons. The maximum absolute atomic E-state index is 11.7.